The Morgan fingerprint density at radius 2 is 2.00 bits per heavy atom. The lowest BCUT2D eigenvalue weighted by atomic mass is 10.2. The molecule has 0 unspecified atom stereocenters. The zero-order valence-electron chi connectivity index (χ0n) is 9.03. The second-order valence-corrected chi connectivity index (χ2v) is 3.60. The predicted molar refractivity (Wildman–Crippen MR) is 60.8 cm³/mol. The van der Waals surface area contributed by atoms with Crippen molar-refractivity contribution in [2.45, 2.75) is 25.7 Å². The molecule has 1 aliphatic carbocycles. The van der Waals surface area contributed by atoms with E-state index in [1.54, 1.807) is 18.2 Å². The second-order valence-electron chi connectivity index (χ2n) is 3.60. The normalized spacial score (nSPS) is 13.7. The molecule has 2 nitrogen and oxygen atoms in total. The first-order valence-electron chi connectivity index (χ1n) is 5.28. The summed E-state index contributed by atoms with van der Waals surface area (Å²) in [4.78, 5) is 10.2. The minimum atomic E-state index is -0.786. The molecular weight excluding hydrogens is 207 g/mol. The quantitative estimate of drug-likeness (QED) is 0.833. The van der Waals surface area contributed by atoms with Crippen LogP contribution >= 0.6 is 0 Å². The molecule has 0 spiro atoms. The largest absolute Gasteiger partial charge is 0.481 e. The Labute approximate surface area is 94.4 Å². The third-order valence-electron chi connectivity index (χ3n) is 2.18. The highest BCUT2D eigenvalue weighted by atomic mass is 19.1. The topological polar surface area (TPSA) is 37.3 Å². The Balaban J connectivity index is 0.000000181. The van der Waals surface area contributed by atoms with Crippen molar-refractivity contribution in [2.75, 3.05) is 0 Å². The number of carbonyl (C=O) groups is 1. The zero-order valence-corrected chi connectivity index (χ0v) is 9.03. The van der Waals surface area contributed by atoms with E-state index in [0.717, 1.165) is 18.4 Å². The van der Waals surface area contributed by atoms with Gasteiger partial charge in [0.25, 0.3) is 0 Å². The van der Waals surface area contributed by atoms with E-state index in [0.29, 0.717) is 6.42 Å². The summed E-state index contributed by atoms with van der Waals surface area (Å²) in [5, 5.41) is 8.37. The number of halogens is 1. The van der Waals surface area contributed by atoms with Gasteiger partial charge in [-0.3, -0.25) is 4.79 Å². The van der Waals surface area contributed by atoms with Crippen LogP contribution in [0.3, 0.4) is 0 Å². The highest BCUT2D eigenvalue weighted by molar-refractivity contribution is 5.70. The van der Waals surface area contributed by atoms with Crippen molar-refractivity contribution in [1.29, 1.82) is 0 Å². The van der Waals surface area contributed by atoms with Crippen molar-refractivity contribution in [3.63, 3.8) is 0 Å². The average molecular weight is 222 g/mol. The first-order chi connectivity index (χ1) is 7.68. The van der Waals surface area contributed by atoms with Gasteiger partial charge in [0.15, 0.2) is 0 Å². The van der Waals surface area contributed by atoms with Gasteiger partial charge >= 0.3 is 5.97 Å². The van der Waals surface area contributed by atoms with Crippen LogP contribution in [0.25, 0.3) is 0 Å². The van der Waals surface area contributed by atoms with Gasteiger partial charge in [-0.2, -0.15) is 0 Å². The zero-order chi connectivity index (χ0) is 11.8. The summed E-state index contributed by atoms with van der Waals surface area (Å²) in [6, 6.07) is 9.13. The number of carboxylic acid groups (broad SMARTS) is 1. The Morgan fingerprint density at radius 1 is 1.31 bits per heavy atom. The van der Waals surface area contributed by atoms with Gasteiger partial charge in [0.2, 0.25) is 0 Å². The lowest BCUT2D eigenvalue weighted by molar-refractivity contribution is -0.136. The molecule has 0 saturated heterocycles. The van der Waals surface area contributed by atoms with Crippen LogP contribution in [0, 0.1) is 0 Å². The van der Waals surface area contributed by atoms with E-state index >= 15 is 0 Å². The summed E-state index contributed by atoms with van der Waals surface area (Å²) in [6.45, 7) is 0. The molecule has 0 atom stereocenters. The Kier molecular flexibility index (Phi) is 5.26. The summed E-state index contributed by atoms with van der Waals surface area (Å²) in [5.74, 6) is -0.707. The molecule has 0 amide bonds. The average Bonchev–Trinajstić information content (AvgIpc) is 2.71. The summed E-state index contributed by atoms with van der Waals surface area (Å²) in [7, 11) is 0. The van der Waals surface area contributed by atoms with Crippen LogP contribution in [0.1, 0.15) is 24.8 Å². The van der Waals surface area contributed by atoms with Crippen LogP contribution in [-0.2, 0) is 11.2 Å². The van der Waals surface area contributed by atoms with E-state index in [2.05, 4.69) is 0 Å². The monoisotopic (exact) mass is 222 g/mol. The molecule has 1 aliphatic rings. The second kappa shape index (κ2) is 6.77. The number of aliphatic carboxylic acids is 1. The number of hydrogen-bond donors (Lipinski definition) is 1. The van der Waals surface area contributed by atoms with Crippen molar-refractivity contribution in [2.24, 2.45) is 0 Å². The predicted octanol–water partition coefficient (Wildman–Crippen LogP) is 3.34. The summed E-state index contributed by atoms with van der Waals surface area (Å²) < 4.78 is 11.8. The van der Waals surface area contributed by atoms with Crippen LogP contribution in [-0.4, -0.2) is 11.1 Å². The van der Waals surface area contributed by atoms with Crippen LogP contribution in [0.2, 0.25) is 0 Å². The molecule has 0 aliphatic heterocycles. The Hall–Kier alpha value is -1.64. The standard InChI is InChI=1S/C8H8O2.C5H7F/c9-8(10)6-7-4-2-1-3-5-7;6-5-3-1-2-4-5/h1-5H,6H2,(H,9,10);3H,1-2,4H2. The lowest BCUT2D eigenvalue weighted by Crippen LogP contribution is -1.98. The Morgan fingerprint density at radius 3 is 2.38 bits per heavy atom. The number of benzene rings is 1. The van der Waals surface area contributed by atoms with Gasteiger partial charge in [-0.25, -0.2) is 4.39 Å². The molecule has 1 aromatic carbocycles. The maximum atomic E-state index is 11.8. The minimum absolute atomic E-state index is 0.0787. The maximum Gasteiger partial charge on any atom is 0.307 e. The maximum absolute atomic E-state index is 11.8. The molecule has 86 valence electrons. The number of carboxylic acids is 1. The fraction of sp³-hybridized carbons (Fsp3) is 0.308. The fourth-order valence-electron chi connectivity index (χ4n) is 1.40. The van der Waals surface area contributed by atoms with Crippen molar-refractivity contribution in [3.05, 3.63) is 47.8 Å². The first kappa shape index (κ1) is 12.4. The molecule has 0 heterocycles. The molecule has 3 heteroatoms. The smallest absolute Gasteiger partial charge is 0.307 e. The summed E-state index contributed by atoms with van der Waals surface area (Å²) >= 11 is 0. The highest BCUT2D eigenvalue weighted by Gasteiger charge is 1.99. The first-order valence-corrected chi connectivity index (χ1v) is 5.28. The third-order valence-corrected chi connectivity index (χ3v) is 2.18. The van der Waals surface area contributed by atoms with Crippen molar-refractivity contribution in [3.8, 4) is 0 Å². The van der Waals surface area contributed by atoms with Crippen molar-refractivity contribution < 1.29 is 14.3 Å². The molecule has 0 bridgehead atoms. The van der Waals surface area contributed by atoms with E-state index in [-0.39, 0.29) is 12.2 Å². The van der Waals surface area contributed by atoms with Gasteiger partial charge in [0.05, 0.1) is 12.2 Å². The summed E-state index contributed by atoms with van der Waals surface area (Å²) in [6.07, 6.45) is 4.42. The van der Waals surface area contributed by atoms with Crippen LogP contribution < -0.4 is 0 Å². The van der Waals surface area contributed by atoms with Gasteiger partial charge < -0.3 is 5.11 Å². The van der Waals surface area contributed by atoms with Crippen molar-refractivity contribution in [1.82, 2.24) is 0 Å². The molecular formula is C13H15FO2. The molecule has 1 N–H and O–H groups in total. The van der Waals surface area contributed by atoms with Gasteiger partial charge in [0.1, 0.15) is 0 Å². The van der Waals surface area contributed by atoms with E-state index in [4.69, 9.17) is 5.11 Å². The summed E-state index contributed by atoms with van der Waals surface area (Å²) in [5.41, 5.74) is 0.843. The molecule has 0 radical (unpaired) electrons. The fourth-order valence-corrected chi connectivity index (χ4v) is 1.40. The van der Waals surface area contributed by atoms with Crippen LogP contribution in [0.15, 0.2) is 42.2 Å². The van der Waals surface area contributed by atoms with Gasteiger partial charge in [-0.1, -0.05) is 36.4 Å². The highest BCUT2D eigenvalue weighted by Crippen LogP contribution is 2.17. The van der Waals surface area contributed by atoms with E-state index in [1.807, 2.05) is 18.2 Å². The van der Waals surface area contributed by atoms with Crippen LogP contribution in [0.4, 0.5) is 4.39 Å². The van der Waals surface area contributed by atoms with Crippen LogP contribution in [0.5, 0.6) is 0 Å². The molecule has 1 aromatic rings. The van der Waals surface area contributed by atoms with E-state index in [9.17, 15) is 9.18 Å². The van der Waals surface area contributed by atoms with Gasteiger partial charge in [-0.05, 0) is 24.8 Å². The molecule has 0 saturated carbocycles. The number of allylic oxidation sites excluding steroid dienone is 2. The number of rotatable bonds is 2. The number of hydrogen-bond acceptors (Lipinski definition) is 1. The van der Waals surface area contributed by atoms with Crippen molar-refractivity contribution >= 4 is 5.97 Å². The Bertz CT molecular complexity index is 357. The molecule has 16 heavy (non-hydrogen) atoms. The molecule has 0 aromatic heterocycles. The molecule has 0 fully saturated rings. The minimum Gasteiger partial charge on any atom is -0.481 e. The molecule has 2 rings (SSSR count). The SMILES string of the molecule is FC1=CCCC1.O=C(O)Cc1ccccc1. The van der Waals surface area contributed by atoms with E-state index in [1.165, 1.54) is 0 Å². The van der Waals surface area contributed by atoms with Gasteiger partial charge in [-0.15, -0.1) is 0 Å². The van der Waals surface area contributed by atoms with Gasteiger partial charge in [0, 0.05) is 0 Å². The van der Waals surface area contributed by atoms with E-state index < -0.39 is 5.97 Å². The third kappa shape index (κ3) is 5.29. The lowest BCUT2D eigenvalue weighted by Gasteiger charge is -1.92.